The molecule has 0 aromatic carbocycles. The van der Waals surface area contributed by atoms with Crippen LogP contribution in [0.15, 0.2) is 111 Å². The number of nitrogen functional groups attached to an aromatic ring is 1. The zero-order chi connectivity index (χ0) is 69.3. The minimum absolute atomic E-state index is 0.277. The Morgan fingerprint density at radius 1 is 0.495 bits per heavy atom. The van der Waals surface area contributed by atoms with Crippen LogP contribution in [0.2, 0.25) is 5.15 Å². The SMILES string of the molecule is CC(C)(C)OC(=O)N1CCc2cnc(Cl)cc2C1.CC1CCC(n2c3cnccc3c3cnc(N)nc32)CC1.CC1CCC(n2c3cnccc3c3cnc(Nc4cc5c(cn4)CCNC5)nc32)CC1.CC1CCC(n2c3cnccc3c3cnc(Nc4cc5c(cn4)CCNC5)nc32)CC1. The maximum absolute atomic E-state index is 12.0. The quantitative estimate of drug-likeness (QED) is 0.0928. The first-order valence-corrected chi connectivity index (χ1v) is 36.6. The van der Waals surface area contributed by atoms with Gasteiger partial charge in [0.1, 0.15) is 39.3 Å². The van der Waals surface area contributed by atoms with E-state index in [4.69, 9.17) is 32.0 Å². The highest BCUT2D eigenvalue weighted by Gasteiger charge is 2.30. The van der Waals surface area contributed by atoms with Crippen LogP contribution >= 0.6 is 11.6 Å². The first-order chi connectivity index (χ1) is 49.1. The molecule has 0 spiro atoms. The fraction of sp³-hybridized carbons (Fsp3) is 0.442. The van der Waals surface area contributed by atoms with Crippen molar-refractivity contribution >= 4 is 113 Å². The number of fused-ring (bicyclic) bond motifs is 12. The Bertz CT molecular complexity index is 4780. The molecule has 18 rings (SSSR count). The highest BCUT2D eigenvalue weighted by molar-refractivity contribution is 6.29. The van der Waals surface area contributed by atoms with Crippen LogP contribution in [0.5, 0.6) is 0 Å². The van der Waals surface area contributed by atoms with E-state index in [1.807, 2.05) is 101 Å². The van der Waals surface area contributed by atoms with Crippen LogP contribution in [0.3, 0.4) is 0 Å². The predicted molar refractivity (Wildman–Crippen MR) is 398 cm³/mol. The molecule has 3 fully saturated rings. The van der Waals surface area contributed by atoms with Gasteiger partial charge in [0.15, 0.2) is 0 Å². The average molecular weight is 1380 g/mol. The second kappa shape index (κ2) is 29.2. The summed E-state index contributed by atoms with van der Waals surface area (Å²) >= 11 is 5.86. The number of amides is 1. The van der Waals surface area contributed by atoms with Crippen LogP contribution in [0, 0.1) is 17.8 Å². The number of pyridine rings is 6. The number of ether oxygens (including phenoxy) is 1. The van der Waals surface area contributed by atoms with E-state index >= 15 is 0 Å². The third kappa shape index (κ3) is 14.7. The summed E-state index contributed by atoms with van der Waals surface area (Å²) in [4.78, 5) is 67.9. The van der Waals surface area contributed by atoms with Crippen molar-refractivity contribution in [3.05, 3.63) is 149 Å². The van der Waals surface area contributed by atoms with Crippen LogP contribution in [-0.2, 0) is 43.6 Å². The first-order valence-electron chi connectivity index (χ1n) is 36.2. The number of hydrogen-bond donors (Lipinski definition) is 5. The van der Waals surface area contributed by atoms with Crippen LogP contribution in [-0.4, -0.2) is 110 Å². The van der Waals surface area contributed by atoms with E-state index < -0.39 is 5.60 Å². The molecular weight excluding hydrogens is 1290 g/mol. The molecule has 0 bridgehead atoms. The molecule has 3 aliphatic heterocycles. The second-order valence-electron chi connectivity index (χ2n) is 29.6. The fourth-order valence-electron chi connectivity index (χ4n) is 15.7. The number of nitrogens with two attached hydrogens (primary N) is 1. The Balaban J connectivity index is 0.000000112. The number of nitrogens with one attached hydrogen (secondary N) is 4. The van der Waals surface area contributed by atoms with E-state index in [1.54, 1.807) is 11.1 Å². The third-order valence-electron chi connectivity index (χ3n) is 21.2. The third-order valence-corrected chi connectivity index (χ3v) is 21.4. The lowest BCUT2D eigenvalue weighted by atomic mass is 9.87. The molecule has 0 radical (unpaired) electrons. The molecule has 15 heterocycles. The molecule has 3 aliphatic carbocycles. The molecule has 12 aromatic rings. The van der Waals surface area contributed by atoms with Gasteiger partial charge < -0.3 is 50.3 Å². The number of hydrogen-bond acceptors (Lipinski definition) is 19. The van der Waals surface area contributed by atoms with Gasteiger partial charge in [-0.1, -0.05) is 32.4 Å². The molecule has 0 unspecified atom stereocenters. The molecule has 12 aromatic heterocycles. The van der Waals surface area contributed by atoms with Crippen molar-refractivity contribution in [2.24, 2.45) is 17.8 Å². The van der Waals surface area contributed by atoms with E-state index in [9.17, 15) is 4.79 Å². The van der Waals surface area contributed by atoms with Gasteiger partial charge in [-0.2, -0.15) is 15.0 Å². The summed E-state index contributed by atoms with van der Waals surface area (Å²) < 4.78 is 12.5. The van der Waals surface area contributed by atoms with Gasteiger partial charge in [0.25, 0.3) is 0 Å². The van der Waals surface area contributed by atoms with Crippen molar-refractivity contribution in [3.63, 3.8) is 0 Å². The Morgan fingerprint density at radius 2 is 0.911 bits per heavy atom. The van der Waals surface area contributed by atoms with E-state index in [1.165, 1.54) is 115 Å². The highest BCUT2D eigenvalue weighted by atomic mass is 35.5. The number of rotatable bonds is 7. The molecule has 1 amide bonds. The van der Waals surface area contributed by atoms with Crippen LogP contribution in [0.25, 0.3) is 65.8 Å². The summed E-state index contributed by atoms with van der Waals surface area (Å²) in [6, 6.07) is 13.6. The summed E-state index contributed by atoms with van der Waals surface area (Å²) in [7, 11) is 0. The van der Waals surface area contributed by atoms with E-state index in [0.717, 1.165) is 136 Å². The Morgan fingerprint density at radius 3 is 1.36 bits per heavy atom. The monoisotopic (exact) mass is 1380 g/mol. The topological polar surface area (TPSA) is 273 Å². The van der Waals surface area contributed by atoms with Crippen molar-refractivity contribution in [1.29, 1.82) is 0 Å². The standard InChI is InChI=1S/2C24H27N7.C16H19N5.C13H17ClN2O2/c2*1-15-2-4-18(5-3-15)31-21-14-26-9-7-19(21)20-13-28-24(30-23(20)31)29-22-10-17-11-25-8-6-16(17)12-27-22;1-10-2-4-11(5-3-10)21-14-9-18-7-6-12(14)13-8-19-16(17)20-15(13)21;1-13(2,3)18-12(17)16-5-4-9-7-15-11(14)6-10(9)8-16/h2*7,9-10,12-15,18,25H,2-6,8,11H2,1H3,(H,27,28,29,30);6-11H,2-5H2,1H3,(H2,17,19,20);6-7H,4-5,8H2,1-3H3. The largest absolute Gasteiger partial charge is 0.444 e. The minimum Gasteiger partial charge on any atom is -0.444 e. The van der Waals surface area contributed by atoms with Gasteiger partial charge in [0, 0.05) is 132 Å². The first kappa shape index (κ1) is 67.3. The molecule has 3 saturated carbocycles. The van der Waals surface area contributed by atoms with Crippen LogP contribution < -0.4 is 27.0 Å². The molecular formula is C77H90ClN21O2. The number of halogens is 1. The molecule has 522 valence electrons. The van der Waals surface area contributed by atoms with Crippen molar-refractivity contribution in [1.82, 2.24) is 89.0 Å². The number of anilines is 5. The molecule has 101 heavy (non-hydrogen) atoms. The van der Waals surface area contributed by atoms with E-state index in [0.29, 0.717) is 54.2 Å². The maximum atomic E-state index is 12.0. The van der Waals surface area contributed by atoms with Gasteiger partial charge in [-0.15, -0.1) is 0 Å². The second-order valence-corrected chi connectivity index (χ2v) is 30.0. The van der Waals surface area contributed by atoms with Crippen molar-refractivity contribution in [2.45, 2.75) is 181 Å². The van der Waals surface area contributed by atoms with Crippen molar-refractivity contribution in [2.75, 3.05) is 36.0 Å². The van der Waals surface area contributed by atoms with Crippen molar-refractivity contribution in [3.8, 4) is 0 Å². The smallest absolute Gasteiger partial charge is 0.410 e. The number of nitrogens with zero attached hydrogens (tertiary/aromatic N) is 16. The summed E-state index contributed by atoms with van der Waals surface area (Å²) in [6.07, 6.45) is 40.1. The maximum Gasteiger partial charge on any atom is 0.410 e. The van der Waals surface area contributed by atoms with Gasteiger partial charge in [0.05, 0.1) is 35.1 Å². The Labute approximate surface area is 592 Å². The molecule has 0 saturated heterocycles. The molecule has 24 heteroatoms. The summed E-state index contributed by atoms with van der Waals surface area (Å²) in [5.74, 6) is 5.53. The lowest BCUT2D eigenvalue weighted by molar-refractivity contribution is 0.0223. The van der Waals surface area contributed by atoms with Gasteiger partial charge in [0.2, 0.25) is 17.8 Å². The summed E-state index contributed by atoms with van der Waals surface area (Å²) in [5, 5.41) is 20.7. The number of carbonyl (C=O) groups is 1. The molecule has 6 N–H and O–H groups in total. The number of carbonyl (C=O) groups excluding carboxylic acids is 1. The van der Waals surface area contributed by atoms with Gasteiger partial charge in [-0.05, 0) is 218 Å². The van der Waals surface area contributed by atoms with Crippen LogP contribution in [0.1, 0.15) is 170 Å². The zero-order valence-corrected chi connectivity index (χ0v) is 59.4. The summed E-state index contributed by atoms with van der Waals surface area (Å²) in [6.45, 7) is 17.6. The van der Waals surface area contributed by atoms with Crippen molar-refractivity contribution < 1.29 is 9.53 Å². The molecule has 0 atom stereocenters. The van der Waals surface area contributed by atoms with Gasteiger partial charge in [-0.3, -0.25) is 15.0 Å². The fourth-order valence-corrected chi connectivity index (χ4v) is 15.9. The lowest BCUT2D eigenvalue weighted by Crippen LogP contribution is -2.39. The van der Waals surface area contributed by atoms with E-state index in [-0.39, 0.29) is 6.09 Å². The lowest BCUT2D eigenvalue weighted by Gasteiger charge is -2.31. The average Bonchev–Trinajstić information content (AvgIpc) is 1.62. The Kier molecular flexibility index (Phi) is 19.4. The molecule has 23 nitrogen and oxygen atoms in total. The summed E-state index contributed by atoms with van der Waals surface area (Å²) in [5.41, 5.74) is 19.1. The van der Waals surface area contributed by atoms with E-state index in [2.05, 4.69) is 130 Å². The van der Waals surface area contributed by atoms with Crippen LogP contribution in [0.4, 0.5) is 34.3 Å². The van der Waals surface area contributed by atoms with Gasteiger partial charge in [-0.25, -0.2) is 34.7 Å². The normalized spacial score (nSPS) is 20.6. The highest BCUT2D eigenvalue weighted by Crippen LogP contribution is 2.42. The molecule has 6 aliphatic rings. The Hall–Kier alpha value is -9.58. The van der Waals surface area contributed by atoms with Gasteiger partial charge >= 0.3 is 6.09 Å². The zero-order valence-electron chi connectivity index (χ0n) is 58.6. The minimum atomic E-state index is -0.465. The number of aromatic nitrogens is 15. The predicted octanol–water partition coefficient (Wildman–Crippen LogP) is 15.4.